The summed E-state index contributed by atoms with van der Waals surface area (Å²) in [6.07, 6.45) is 2.19. The van der Waals surface area contributed by atoms with E-state index in [1.165, 1.54) is 7.11 Å². The summed E-state index contributed by atoms with van der Waals surface area (Å²) in [6.45, 7) is 0.897. The molecule has 0 aliphatic heterocycles. The number of hydrogen-bond acceptors (Lipinski definition) is 7. The maximum atomic E-state index is 12.2. The molecule has 0 spiro atoms. The van der Waals surface area contributed by atoms with Gasteiger partial charge in [-0.05, 0) is 35.7 Å². The van der Waals surface area contributed by atoms with Crippen molar-refractivity contribution in [2.45, 2.75) is 13.0 Å². The van der Waals surface area contributed by atoms with Gasteiger partial charge in [-0.1, -0.05) is 48.4 Å². The van der Waals surface area contributed by atoms with E-state index in [9.17, 15) is 9.90 Å². The Morgan fingerprint density at radius 3 is 2.74 bits per heavy atom. The van der Waals surface area contributed by atoms with E-state index in [0.717, 1.165) is 16.6 Å². The number of benzene rings is 2. The van der Waals surface area contributed by atoms with Gasteiger partial charge in [0.1, 0.15) is 23.6 Å². The van der Waals surface area contributed by atoms with Gasteiger partial charge in [-0.15, -0.1) is 0 Å². The molecule has 4 rings (SSSR count). The van der Waals surface area contributed by atoms with Crippen LogP contribution in [0, 0.1) is 11.8 Å². The normalized spacial score (nSPS) is 10.3. The quantitative estimate of drug-likeness (QED) is 0.241. The summed E-state index contributed by atoms with van der Waals surface area (Å²) >= 11 is 0. The van der Waals surface area contributed by atoms with Crippen LogP contribution in [0.5, 0.6) is 11.5 Å². The minimum absolute atomic E-state index is 0.0893. The third-order valence-corrected chi connectivity index (χ3v) is 5.01. The number of rotatable bonds is 7. The Bertz CT molecular complexity index is 1360. The molecule has 0 amide bonds. The van der Waals surface area contributed by atoms with Crippen LogP contribution in [-0.2, 0) is 11.3 Å². The van der Waals surface area contributed by atoms with Crippen LogP contribution in [0.15, 0.2) is 72.9 Å². The van der Waals surface area contributed by atoms with Crippen LogP contribution in [0.2, 0.25) is 0 Å². The van der Waals surface area contributed by atoms with Gasteiger partial charge >= 0.3 is 5.97 Å². The molecule has 2 N–H and O–H groups in total. The first kappa shape index (κ1) is 22.6. The van der Waals surface area contributed by atoms with Crippen molar-refractivity contribution < 1.29 is 19.4 Å². The first-order chi connectivity index (χ1) is 16.7. The van der Waals surface area contributed by atoms with Gasteiger partial charge < -0.3 is 19.9 Å². The molecule has 0 radical (unpaired) electrons. The standard InChI is InChI=1S/C27H23N3O4/c1-33-27(32)26-24(34-18-19-8-3-2-4-9-19)14-13-20(30-26)10-5-6-16-28-22-15-17-29-25-21(22)11-7-12-23(25)31/h2-4,7-9,11-15,17,31H,6,16,18H2,1H3,(H,28,29). The molecule has 170 valence electrons. The maximum absolute atomic E-state index is 12.2. The molecule has 0 atom stereocenters. The van der Waals surface area contributed by atoms with Crippen molar-refractivity contribution in [3.8, 4) is 23.3 Å². The van der Waals surface area contributed by atoms with Crippen LogP contribution < -0.4 is 10.1 Å². The summed E-state index contributed by atoms with van der Waals surface area (Å²) in [6, 6.07) is 20.2. The van der Waals surface area contributed by atoms with Crippen molar-refractivity contribution in [1.82, 2.24) is 9.97 Å². The Morgan fingerprint density at radius 1 is 1.06 bits per heavy atom. The lowest BCUT2D eigenvalue weighted by molar-refractivity contribution is 0.0588. The Kier molecular flexibility index (Phi) is 7.21. The van der Waals surface area contributed by atoms with Gasteiger partial charge in [0.05, 0.1) is 7.11 Å². The lowest BCUT2D eigenvalue weighted by atomic mass is 10.1. The number of fused-ring (bicyclic) bond motifs is 1. The Balaban J connectivity index is 1.41. The number of ether oxygens (including phenoxy) is 2. The summed E-state index contributed by atoms with van der Waals surface area (Å²) < 4.78 is 10.6. The first-order valence-corrected chi connectivity index (χ1v) is 10.7. The third-order valence-electron chi connectivity index (χ3n) is 5.01. The van der Waals surface area contributed by atoms with E-state index in [1.54, 1.807) is 30.5 Å². The molecule has 0 saturated carbocycles. The lowest BCUT2D eigenvalue weighted by Gasteiger charge is -2.10. The third kappa shape index (κ3) is 5.43. The summed E-state index contributed by atoms with van der Waals surface area (Å²) in [5, 5.41) is 14.1. The van der Waals surface area contributed by atoms with E-state index in [1.807, 2.05) is 42.5 Å². The molecule has 0 saturated heterocycles. The van der Waals surface area contributed by atoms with E-state index in [0.29, 0.717) is 36.5 Å². The summed E-state index contributed by atoms with van der Waals surface area (Å²) in [7, 11) is 1.30. The summed E-state index contributed by atoms with van der Waals surface area (Å²) in [5.41, 5.74) is 2.94. The molecule has 4 aromatic rings. The molecular weight excluding hydrogens is 430 g/mol. The fraction of sp³-hybridized carbons (Fsp3) is 0.148. The van der Waals surface area contributed by atoms with Gasteiger partial charge in [0.25, 0.3) is 0 Å². The van der Waals surface area contributed by atoms with Crippen LogP contribution in [-0.4, -0.2) is 34.7 Å². The number of nitrogens with one attached hydrogen (secondary N) is 1. The molecule has 0 aliphatic carbocycles. The molecular formula is C27H23N3O4. The fourth-order valence-electron chi connectivity index (χ4n) is 3.34. The number of nitrogens with zero attached hydrogens (tertiary/aromatic N) is 2. The Morgan fingerprint density at radius 2 is 1.91 bits per heavy atom. The van der Waals surface area contributed by atoms with Crippen LogP contribution in [0.3, 0.4) is 0 Å². The minimum atomic E-state index is -0.582. The second kappa shape index (κ2) is 10.8. The number of anilines is 1. The second-order valence-corrected chi connectivity index (χ2v) is 7.32. The molecule has 7 nitrogen and oxygen atoms in total. The largest absolute Gasteiger partial charge is 0.506 e. The molecule has 0 bridgehead atoms. The van der Waals surface area contributed by atoms with E-state index in [4.69, 9.17) is 9.47 Å². The SMILES string of the molecule is COC(=O)c1nc(C#CCCNc2ccnc3c(O)cccc23)ccc1OCc1ccccc1. The number of carbonyl (C=O) groups is 1. The van der Waals surface area contributed by atoms with Crippen LogP contribution >= 0.6 is 0 Å². The number of methoxy groups -OCH3 is 1. The number of carbonyl (C=O) groups excluding carboxylic acids is 1. The molecule has 7 heteroatoms. The van der Waals surface area contributed by atoms with Crippen LogP contribution in [0.1, 0.15) is 28.2 Å². The number of aromatic hydroxyl groups is 1. The van der Waals surface area contributed by atoms with Crippen LogP contribution in [0.25, 0.3) is 10.9 Å². The first-order valence-electron chi connectivity index (χ1n) is 10.7. The zero-order valence-corrected chi connectivity index (χ0v) is 18.6. The van der Waals surface area contributed by atoms with E-state index in [-0.39, 0.29) is 11.4 Å². The smallest absolute Gasteiger partial charge is 0.360 e. The van der Waals surface area contributed by atoms with E-state index < -0.39 is 5.97 Å². The number of aromatic nitrogens is 2. The maximum Gasteiger partial charge on any atom is 0.360 e. The summed E-state index contributed by atoms with van der Waals surface area (Å²) in [4.78, 5) is 20.8. The minimum Gasteiger partial charge on any atom is -0.506 e. The van der Waals surface area contributed by atoms with Gasteiger partial charge in [0.15, 0.2) is 11.4 Å². The zero-order valence-electron chi connectivity index (χ0n) is 18.6. The number of hydrogen-bond donors (Lipinski definition) is 2. The average Bonchev–Trinajstić information content (AvgIpc) is 2.88. The van der Waals surface area contributed by atoms with Crippen molar-refractivity contribution in [1.29, 1.82) is 0 Å². The number of para-hydroxylation sites is 1. The van der Waals surface area contributed by atoms with Crippen LogP contribution in [0.4, 0.5) is 5.69 Å². The topological polar surface area (TPSA) is 93.6 Å². The highest BCUT2D eigenvalue weighted by Crippen LogP contribution is 2.27. The van der Waals surface area contributed by atoms with Crippen molar-refractivity contribution in [3.05, 3.63) is 89.9 Å². The van der Waals surface area contributed by atoms with E-state index >= 15 is 0 Å². The molecule has 2 aromatic carbocycles. The average molecular weight is 453 g/mol. The number of esters is 1. The highest BCUT2D eigenvalue weighted by atomic mass is 16.5. The summed E-state index contributed by atoms with van der Waals surface area (Å²) in [5.74, 6) is 5.94. The number of phenolic OH excluding ortho intramolecular Hbond substituents is 1. The molecule has 34 heavy (non-hydrogen) atoms. The fourth-order valence-corrected chi connectivity index (χ4v) is 3.34. The van der Waals surface area contributed by atoms with Crippen molar-refractivity contribution >= 4 is 22.6 Å². The Labute approximate surface area is 197 Å². The number of pyridine rings is 2. The number of phenols is 1. The molecule has 2 heterocycles. The van der Waals surface area contributed by atoms with Gasteiger partial charge in [0, 0.05) is 30.2 Å². The van der Waals surface area contributed by atoms with Crippen molar-refractivity contribution in [2.24, 2.45) is 0 Å². The van der Waals surface area contributed by atoms with E-state index in [2.05, 4.69) is 27.1 Å². The van der Waals surface area contributed by atoms with Gasteiger partial charge in [0.2, 0.25) is 0 Å². The predicted octanol–water partition coefficient (Wildman–Crippen LogP) is 4.55. The molecule has 0 aliphatic rings. The zero-order chi connectivity index (χ0) is 23.8. The van der Waals surface area contributed by atoms with Gasteiger partial charge in [-0.25, -0.2) is 9.78 Å². The molecule has 0 unspecified atom stereocenters. The predicted molar refractivity (Wildman–Crippen MR) is 130 cm³/mol. The highest BCUT2D eigenvalue weighted by molar-refractivity contribution is 5.94. The van der Waals surface area contributed by atoms with Gasteiger partial charge in [-0.2, -0.15) is 0 Å². The van der Waals surface area contributed by atoms with Gasteiger partial charge in [-0.3, -0.25) is 4.98 Å². The monoisotopic (exact) mass is 453 g/mol. The van der Waals surface area contributed by atoms with Crippen molar-refractivity contribution in [2.75, 3.05) is 19.0 Å². The molecule has 2 aromatic heterocycles. The Hall–Kier alpha value is -4.57. The highest BCUT2D eigenvalue weighted by Gasteiger charge is 2.16. The van der Waals surface area contributed by atoms with Crippen molar-refractivity contribution in [3.63, 3.8) is 0 Å². The lowest BCUT2D eigenvalue weighted by Crippen LogP contribution is -2.09. The molecule has 0 fully saturated rings. The second-order valence-electron chi connectivity index (χ2n) is 7.32.